The first-order valence-corrected chi connectivity index (χ1v) is 7.46. The van der Waals surface area contributed by atoms with Gasteiger partial charge >= 0.3 is 0 Å². The number of amides is 1. The Kier molecular flexibility index (Phi) is 3.85. The second-order valence-electron chi connectivity index (χ2n) is 5.54. The number of halogens is 1. The van der Waals surface area contributed by atoms with Crippen molar-refractivity contribution in [2.24, 2.45) is 11.8 Å². The maximum absolute atomic E-state index is 12.1. The van der Waals surface area contributed by atoms with Crippen molar-refractivity contribution in [1.29, 1.82) is 0 Å². The van der Waals surface area contributed by atoms with E-state index in [0.717, 1.165) is 30.9 Å². The average Bonchev–Trinajstić information content (AvgIpc) is 3.17. The van der Waals surface area contributed by atoms with E-state index in [0.29, 0.717) is 24.2 Å². The Balaban J connectivity index is 1.82. The van der Waals surface area contributed by atoms with E-state index in [-0.39, 0.29) is 11.8 Å². The number of carbonyl (C=O) groups is 1. The monoisotopic (exact) mass is 294 g/mol. The minimum Gasteiger partial charge on any atom is -0.378 e. The van der Waals surface area contributed by atoms with Crippen LogP contribution in [0.1, 0.15) is 13.3 Å². The molecule has 3 rings (SSSR count). The third-order valence-corrected chi connectivity index (χ3v) is 4.32. The van der Waals surface area contributed by atoms with E-state index >= 15 is 0 Å². The Morgan fingerprint density at radius 2 is 2.10 bits per heavy atom. The van der Waals surface area contributed by atoms with Crippen LogP contribution in [0.2, 0.25) is 5.02 Å². The van der Waals surface area contributed by atoms with Gasteiger partial charge in [-0.15, -0.1) is 0 Å². The van der Waals surface area contributed by atoms with Gasteiger partial charge < -0.3 is 15.0 Å². The molecule has 1 saturated carbocycles. The van der Waals surface area contributed by atoms with Crippen LogP contribution in [0.15, 0.2) is 18.2 Å². The number of rotatable bonds is 3. The largest absolute Gasteiger partial charge is 0.378 e. The van der Waals surface area contributed by atoms with E-state index in [1.807, 2.05) is 18.2 Å². The van der Waals surface area contributed by atoms with Gasteiger partial charge in [-0.3, -0.25) is 4.79 Å². The van der Waals surface area contributed by atoms with Crippen molar-refractivity contribution >= 4 is 28.9 Å². The van der Waals surface area contributed by atoms with Gasteiger partial charge in [0.15, 0.2) is 0 Å². The second-order valence-corrected chi connectivity index (χ2v) is 5.95. The number of benzene rings is 1. The Morgan fingerprint density at radius 3 is 2.75 bits per heavy atom. The fraction of sp³-hybridized carbons (Fsp3) is 0.533. The van der Waals surface area contributed by atoms with Crippen LogP contribution in [-0.2, 0) is 9.53 Å². The molecule has 5 heteroatoms. The lowest BCUT2D eigenvalue weighted by Gasteiger charge is -2.31. The van der Waals surface area contributed by atoms with Crippen molar-refractivity contribution in [3.8, 4) is 0 Å². The van der Waals surface area contributed by atoms with Gasteiger partial charge in [0.25, 0.3) is 0 Å². The highest BCUT2D eigenvalue weighted by molar-refractivity contribution is 6.34. The summed E-state index contributed by atoms with van der Waals surface area (Å²) < 4.78 is 5.37. The number of hydrogen-bond acceptors (Lipinski definition) is 3. The Morgan fingerprint density at radius 1 is 1.40 bits per heavy atom. The SMILES string of the molecule is C[C@@H]1C[C@@H]1C(=O)Nc1cccc(Cl)c1N1CCOCC1. The van der Waals surface area contributed by atoms with Crippen molar-refractivity contribution < 1.29 is 9.53 Å². The van der Waals surface area contributed by atoms with Crippen LogP contribution in [0.25, 0.3) is 0 Å². The highest BCUT2D eigenvalue weighted by Crippen LogP contribution is 2.40. The first-order chi connectivity index (χ1) is 9.66. The van der Waals surface area contributed by atoms with Crippen LogP contribution >= 0.6 is 11.6 Å². The third kappa shape index (κ3) is 2.76. The third-order valence-electron chi connectivity index (χ3n) is 4.02. The fourth-order valence-corrected chi connectivity index (χ4v) is 2.93. The van der Waals surface area contributed by atoms with Crippen LogP contribution in [-0.4, -0.2) is 32.2 Å². The zero-order valence-corrected chi connectivity index (χ0v) is 12.3. The van der Waals surface area contributed by atoms with Crippen molar-refractivity contribution in [1.82, 2.24) is 0 Å². The topological polar surface area (TPSA) is 41.6 Å². The van der Waals surface area contributed by atoms with Crippen molar-refractivity contribution in [2.75, 3.05) is 36.5 Å². The molecule has 2 fully saturated rings. The van der Waals surface area contributed by atoms with Gasteiger partial charge in [-0.1, -0.05) is 24.6 Å². The number of para-hydroxylation sites is 1. The van der Waals surface area contributed by atoms with E-state index < -0.39 is 0 Å². The van der Waals surface area contributed by atoms with Crippen LogP contribution < -0.4 is 10.2 Å². The molecule has 0 aromatic heterocycles. The number of morpholine rings is 1. The molecule has 1 heterocycles. The zero-order valence-electron chi connectivity index (χ0n) is 11.6. The molecule has 1 amide bonds. The summed E-state index contributed by atoms with van der Waals surface area (Å²) >= 11 is 6.34. The first kappa shape index (κ1) is 13.7. The van der Waals surface area contributed by atoms with Gasteiger partial charge in [0.2, 0.25) is 5.91 Å². The summed E-state index contributed by atoms with van der Waals surface area (Å²) in [6.45, 7) is 5.08. The highest BCUT2D eigenvalue weighted by Gasteiger charge is 2.39. The van der Waals surface area contributed by atoms with Crippen molar-refractivity contribution in [3.63, 3.8) is 0 Å². The average molecular weight is 295 g/mol. The summed E-state index contributed by atoms with van der Waals surface area (Å²) in [5.74, 6) is 0.766. The van der Waals surface area contributed by atoms with Gasteiger partial charge in [0, 0.05) is 19.0 Å². The van der Waals surface area contributed by atoms with Crippen molar-refractivity contribution in [3.05, 3.63) is 23.2 Å². The first-order valence-electron chi connectivity index (χ1n) is 7.09. The smallest absolute Gasteiger partial charge is 0.227 e. The number of carbonyl (C=O) groups excluding carboxylic acids is 1. The Hall–Kier alpha value is -1.26. The molecular formula is C15H19ClN2O2. The fourth-order valence-electron chi connectivity index (χ4n) is 2.64. The lowest BCUT2D eigenvalue weighted by Crippen LogP contribution is -2.37. The summed E-state index contributed by atoms with van der Waals surface area (Å²) in [6.07, 6.45) is 0.985. The standard InChI is InChI=1S/C15H19ClN2O2/c1-10-9-11(10)15(19)17-13-4-2-3-12(16)14(13)18-5-7-20-8-6-18/h2-4,10-11H,5-9H2,1H3,(H,17,19)/t10-,11+/m1/s1. The van der Waals surface area contributed by atoms with Crippen LogP contribution in [0.5, 0.6) is 0 Å². The summed E-state index contributed by atoms with van der Waals surface area (Å²) in [7, 11) is 0. The van der Waals surface area contributed by atoms with E-state index in [4.69, 9.17) is 16.3 Å². The molecule has 2 aliphatic rings. The molecule has 108 valence electrons. The molecule has 1 aliphatic carbocycles. The lowest BCUT2D eigenvalue weighted by molar-refractivity contribution is -0.117. The Bertz CT molecular complexity index is 515. The predicted octanol–water partition coefficient (Wildman–Crippen LogP) is 2.77. The lowest BCUT2D eigenvalue weighted by atomic mass is 10.2. The number of nitrogens with zero attached hydrogens (tertiary/aromatic N) is 1. The molecule has 2 atom stereocenters. The van der Waals surface area contributed by atoms with Crippen LogP contribution in [0.4, 0.5) is 11.4 Å². The number of nitrogens with one attached hydrogen (secondary N) is 1. The van der Waals surface area contributed by atoms with E-state index in [2.05, 4.69) is 17.1 Å². The molecule has 0 spiro atoms. The summed E-state index contributed by atoms with van der Waals surface area (Å²) in [5.41, 5.74) is 1.72. The molecule has 0 unspecified atom stereocenters. The molecule has 0 bridgehead atoms. The Labute approximate surface area is 124 Å². The minimum atomic E-state index is 0.106. The molecule has 1 aliphatic heterocycles. The molecule has 1 aromatic carbocycles. The normalized spacial score (nSPS) is 25.4. The number of anilines is 2. The van der Waals surface area contributed by atoms with Gasteiger partial charge in [-0.25, -0.2) is 0 Å². The van der Waals surface area contributed by atoms with Crippen molar-refractivity contribution in [2.45, 2.75) is 13.3 Å². The highest BCUT2D eigenvalue weighted by atomic mass is 35.5. The van der Waals surface area contributed by atoms with Crippen LogP contribution in [0, 0.1) is 11.8 Å². The maximum atomic E-state index is 12.1. The van der Waals surface area contributed by atoms with Gasteiger partial charge in [0.05, 0.1) is 29.6 Å². The molecular weight excluding hydrogens is 276 g/mol. The minimum absolute atomic E-state index is 0.106. The summed E-state index contributed by atoms with van der Waals surface area (Å²) in [5, 5.41) is 3.71. The molecule has 1 N–H and O–H groups in total. The molecule has 1 aromatic rings. The van der Waals surface area contributed by atoms with Gasteiger partial charge in [-0.2, -0.15) is 0 Å². The molecule has 1 saturated heterocycles. The maximum Gasteiger partial charge on any atom is 0.227 e. The number of ether oxygens (including phenoxy) is 1. The van der Waals surface area contributed by atoms with Gasteiger partial charge in [-0.05, 0) is 24.5 Å². The molecule has 4 nitrogen and oxygen atoms in total. The van der Waals surface area contributed by atoms with Gasteiger partial charge in [0.1, 0.15) is 0 Å². The zero-order chi connectivity index (χ0) is 14.1. The summed E-state index contributed by atoms with van der Waals surface area (Å²) in [4.78, 5) is 14.3. The van der Waals surface area contributed by atoms with Crippen LogP contribution in [0.3, 0.4) is 0 Å². The molecule has 0 radical (unpaired) electrons. The van der Waals surface area contributed by atoms with E-state index in [9.17, 15) is 4.79 Å². The molecule has 20 heavy (non-hydrogen) atoms. The number of hydrogen-bond donors (Lipinski definition) is 1. The second kappa shape index (κ2) is 5.62. The van der Waals surface area contributed by atoms with E-state index in [1.165, 1.54) is 0 Å². The quantitative estimate of drug-likeness (QED) is 0.932. The summed E-state index contributed by atoms with van der Waals surface area (Å²) in [6, 6.07) is 5.65. The predicted molar refractivity (Wildman–Crippen MR) is 80.4 cm³/mol. The van der Waals surface area contributed by atoms with E-state index in [1.54, 1.807) is 0 Å².